The Balaban J connectivity index is 2.00. The first-order valence-corrected chi connectivity index (χ1v) is 7.79. The lowest BCUT2D eigenvalue weighted by molar-refractivity contribution is -0.117. The second-order valence-electron chi connectivity index (χ2n) is 5.67. The van der Waals surface area contributed by atoms with E-state index >= 15 is 0 Å². The molecule has 1 aromatic carbocycles. The number of rotatable bonds is 5. The van der Waals surface area contributed by atoms with E-state index in [1.165, 1.54) is 19.3 Å². The number of hydrogen-bond donors (Lipinski definition) is 2. The van der Waals surface area contributed by atoms with E-state index in [1.54, 1.807) is 25.3 Å². The lowest BCUT2D eigenvalue weighted by atomic mass is 9.79. The number of hydrogen-bond acceptors (Lipinski definition) is 3. The summed E-state index contributed by atoms with van der Waals surface area (Å²) < 4.78 is 5.16. The van der Waals surface area contributed by atoms with Crippen LogP contribution in [0.1, 0.15) is 38.5 Å². The van der Waals surface area contributed by atoms with Crippen LogP contribution in [0.2, 0.25) is 5.02 Å². The molecule has 1 aromatic rings. The molecule has 1 amide bonds. The van der Waals surface area contributed by atoms with Crippen molar-refractivity contribution < 1.29 is 9.53 Å². The van der Waals surface area contributed by atoms with Crippen LogP contribution in [-0.4, -0.2) is 25.6 Å². The van der Waals surface area contributed by atoms with E-state index in [0.717, 1.165) is 12.8 Å². The van der Waals surface area contributed by atoms with E-state index in [4.69, 9.17) is 16.3 Å². The molecule has 0 radical (unpaired) electrons. The normalized spacial score (nSPS) is 17.3. The van der Waals surface area contributed by atoms with Crippen molar-refractivity contribution in [3.63, 3.8) is 0 Å². The minimum atomic E-state index is -0.0567. The topological polar surface area (TPSA) is 50.4 Å². The van der Waals surface area contributed by atoms with Crippen molar-refractivity contribution in [1.82, 2.24) is 5.32 Å². The lowest BCUT2D eigenvalue weighted by Crippen LogP contribution is -2.47. The van der Waals surface area contributed by atoms with Crippen molar-refractivity contribution in [1.29, 1.82) is 0 Å². The van der Waals surface area contributed by atoms with E-state index in [-0.39, 0.29) is 11.4 Å². The van der Waals surface area contributed by atoms with Gasteiger partial charge in [-0.1, -0.05) is 30.9 Å². The molecule has 0 aromatic heterocycles. The summed E-state index contributed by atoms with van der Waals surface area (Å²) in [5.74, 6) is 0.589. The maximum Gasteiger partial charge on any atom is 0.226 e. The van der Waals surface area contributed by atoms with Gasteiger partial charge in [0.2, 0.25) is 5.91 Å². The summed E-state index contributed by atoms with van der Waals surface area (Å²) in [5.41, 5.74) is 0.655. The van der Waals surface area contributed by atoms with Gasteiger partial charge < -0.3 is 15.4 Å². The maximum atomic E-state index is 12.3. The molecule has 0 saturated heterocycles. The molecular formula is C16H23ClN2O2. The third-order valence-corrected chi connectivity index (χ3v) is 4.59. The van der Waals surface area contributed by atoms with Crippen LogP contribution in [0.5, 0.6) is 5.75 Å². The SMILES string of the molecule is CNC1(CC(=O)Nc2ccc(Cl)c(OC)c2)CCCCC1. The molecule has 0 atom stereocenters. The molecule has 0 unspecified atom stereocenters. The molecule has 0 heterocycles. The van der Waals surface area contributed by atoms with Gasteiger partial charge in [0.05, 0.1) is 12.1 Å². The predicted octanol–water partition coefficient (Wildman–Crippen LogP) is 3.60. The van der Waals surface area contributed by atoms with Crippen molar-refractivity contribution in [2.45, 2.75) is 44.1 Å². The first-order chi connectivity index (χ1) is 10.1. The monoisotopic (exact) mass is 310 g/mol. The third kappa shape index (κ3) is 4.11. The molecule has 1 fully saturated rings. The molecule has 116 valence electrons. The van der Waals surface area contributed by atoms with Crippen LogP contribution < -0.4 is 15.4 Å². The number of methoxy groups -OCH3 is 1. The summed E-state index contributed by atoms with van der Waals surface area (Å²) in [4.78, 5) is 12.3. The van der Waals surface area contributed by atoms with Crippen molar-refractivity contribution in [3.05, 3.63) is 23.2 Å². The van der Waals surface area contributed by atoms with Gasteiger partial charge in [0.15, 0.2) is 0 Å². The van der Waals surface area contributed by atoms with Crippen LogP contribution in [0, 0.1) is 0 Å². The highest BCUT2D eigenvalue weighted by atomic mass is 35.5. The van der Waals surface area contributed by atoms with Gasteiger partial charge in [0.1, 0.15) is 5.75 Å². The van der Waals surface area contributed by atoms with Crippen LogP contribution in [0.3, 0.4) is 0 Å². The number of carbonyl (C=O) groups is 1. The molecule has 1 aliphatic rings. The van der Waals surface area contributed by atoms with Gasteiger partial charge in [0, 0.05) is 23.7 Å². The Bertz CT molecular complexity index is 499. The standard InChI is InChI=1S/C16H23ClN2O2/c1-18-16(8-4-3-5-9-16)11-15(20)19-12-6-7-13(17)14(10-12)21-2/h6-7,10,18H,3-5,8-9,11H2,1-2H3,(H,19,20). The van der Waals surface area contributed by atoms with Crippen LogP contribution in [0.15, 0.2) is 18.2 Å². The van der Waals surface area contributed by atoms with Crippen molar-refractivity contribution >= 4 is 23.2 Å². The fourth-order valence-corrected chi connectivity index (χ4v) is 3.19. The molecule has 4 nitrogen and oxygen atoms in total. The Morgan fingerprint density at radius 2 is 2.05 bits per heavy atom. The van der Waals surface area contributed by atoms with E-state index in [0.29, 0.717) is 22.9 Å². The first-order valence-electron chi connectivity index (χ1n) is 7.41. The van der Waals surface area contributed by atoms with Gasteiger partial charge in [-0.2, -0.15) is 0 Å². The summed E-state index contributed by atoms with van der Waals surface area (Å²) in [6.07, 6.45) is 6.24. The molecule has 0 bridgehead atoms. The molecule has 21 heavy (non-hydrogen) atoms. The highest BCUT2D eigenvalue weighted by Crippen LogP contribution is 2.32. The van der Waals surface area contributed by atoms with E-state index < -0.39 is 0 Å². The first kappa shape index (κ1) is 16.1. The number of nitrogens with one attached hydrogen (secondary N) is 2. The molecule has 1 aliphatic carbocycles. The Labute approximate surface area is 131 Å². The number of amides is 1. The predicted molar refractivity (Wildman–Crippen MR) is 86.1 cm³/mol. The van der Waals surface area contributed by atoms with Crippen molar-refractivity contribution in [3.8, 4) is 5.75 Å². The summed E-state index contributed by atoms with van der Waals surface area (Å²) in [6.45, 7) is 0. The number of halogens is 1. The molecule has 5 heteroatoms. The number of ether oxygens (including phenoxy) is 1. The average molecular weight is 311 g/mol. The van der Waals surface area contributed by atoms with E-state index in [1.807, 2.05) is 7.05 Å². The van der Waals surface area contributed by atoms with Gasteiger partial charge in [-0.05, 0) is 32.0 Å². The minimum absolute atomic E-state index is 0.0237. The highest BCUT2D eigenvalue weighted by molar-refractivity contribution is 6.32. The quantitative estimate of drug-likeness (QED) is 0.873. The second-order valence-corrected chi connectivity index (χ2v) is 6.07. The van der Waals surface area contributed by atoms with Crippen LogP contribution in [0.4, 0.5) is 5.69 Å². The average Bonchev–Trinajstić information content (AvgIpc) is 2.50. The zero-order valence-electron chi connectivity index (χ0n) is 12.7. The van der Waals surface area contributed by atoms with Gasteiger partial charge in [0.25, 0.3) is 0 Å². The minimum Gasteiger partial charge on any atom is -0.495 e. The van der Waals surface area contributed by atoms with Crippen LogP contribution >= 0.6 is 11.6 Å². The Hall–Kier alpha value is -1.26. The van der Waals surface area contributed by atoms with Gasteiger partial charge >= 0.3 is 0 Å². The zero-order valence-corrected chi connectivity index (χ0v) is 13.4. The molecular weight excluding hydrogens is 288 g/mol. The zero-order chi connectivity index (χ0) is 15.3. The Morgan fingerprint density at radius 1 is 1.33 bits per heavy atom. The maximum absolute atomic E-state index is 12.3. The van der Waals surface area contributed by atoms with Gasteiger partial charge in [-0.25, -0.2) is 0 Å². The summed E-state index contributed by atoms with van der Waals surface area (Å²) in [7, 11) is 3.51. The molecule has 2 N–H and O–H groups in total. The summed E-state index contributed by atoms with van der Waals surface area (Å²) in [5, 5.41) is 6.83. The number of benzene rings is 1. The fourth-order valence-electron chi connectivity index (χ4n) is 2.99. The van der Waals surface area contributed by atoms with E-state index in [2.05, 4.69) is 10.6 Å². The molecule has 0 spiro atoms. The van der Waals surface area contributed by atoms with Gasteiger partial charge in [-0.3, -0.25) is 4.79 Å². The largest absolute Gasteiger partial charge is 0.495 e. The van der Waals surface area contributed by atoms with E-state index in [9.17, 15) is 4.79 Å². The van der Waals surface area contributed by atoms with Crippen molar-refractivity contribution in [2.75, 3.05) is 19.5 Å². The van der Waals surface area contributed by atoms with Crippen LogP contribution in [-0.2, 0) is 4.79 Å². The summed E-state index contributed by atoms with van der Waals surface area (Å²) in [6, 6.07) is 5.26. The second kappa shape index (κ2) is 7.14. The highest BCUT2D eigenvalue weighted by Gasteiger charge is 2.32. The third-order valence-electron chi connectivity index (χ3n) is 4.27. The molecule has 1 saturated carbocycles. The smallest absolute Gasteiger partial charge is 0.226 e. The van der Waals surface area contributed by atoms with Crippen LogP contribution in [0.25, 0.3) is 0 Å². The van der Waals surface area contributed by atoms with Gasteiger partial charge in [-0.15, -0.1) is 0 Å². The summed E-state index contributed by atoms with van der Waals surface area (Å²) >= 11 is 5.99. The number of anilines is 1. The molecule has 0 aliphatic heterocycles. The Kier molecular flexibility index (Phi) is 5.48. The van der Waals surface area contributed by atoms with Crippen molar-refractivity contribution in [2.24, 2.45) is 0 Å². The molecule has 2 rings (SSSR count). The Morgan fingerprint density at radius 3 is 2.67 bits per heavy atom. The lowest BCUT2D eigenvalue weighted by Gasteiger charge is -2.36. The fraction of sp³-hybridized carbons (Fsp3) is 0.562. The number of carbonyl (C=O) groups excluding carboxylic acids is 1.